The Morgan fingerprint density at radius 1 is 1.10 bits per heavy atom. The van der Waals surface area contributed by atoms with Gasteiger partial charge < -0.3 is 4.42 Å². The molecule has 0 saturated carbocycles. The van der Waals surface area contributed by atoms with Crippen molar-refractivity contribution >= 4 is 34.8 Å². The maximum atomic E-state index is 5.87. The fraction of sp³-hybridized carbons (Fsp3) is 0.214. The Bertz CT molecular complexity index is 728. The molecule has 0 N–H and O–H groups in total. The highest BCUT2D eigenvalue weighted by Gasteiger charge is 2.15. The van der Waals surface area contributed by atoms with Gasteiger partial charge in [-0.25, -0.2) is 4.98 Å². The monoisotopic (exact) mass is 303 g/mol. The zero-order valence-electron chi connectivity index (χ0n) is 11.2. The Hall–Kier alpha value is -1.53. The van der Waals surface area contributed by atoms with E-state index in [1.807, 2.05) is 36.6 Å². The Morgan fingerprint density at radius 2 is 1.90 bits per heavy atom. The highest BCUT2D eigenvalue weighted by atomic mass is 32.2. The fourth-order valence-electron chi connectivity index (χ4n) is 1.81. The van der Waals surface area contributed by atoms with Crippen LogP contribution in [-0.4, -0.2) is 27.0 Å². The topological polar surface area (TPSA) is 51.8 Å². The average Bonchev–Trinajstić information content (AvgIpc) is 2.92. The minimum absolute atomic E-state index is 0.589. The molecule has 0 aliphatic heterocycles. The molecule has 4 nitrogen and oxygen atoms in total. The number of nitrogens with zero attached hydrogens (tertiary/aromatic N) is 3. The van der Waals surface area contributed by atoms with Crippen LogP contribution >= 0.6 is 23.5 Å². The molecule has 0 spiro atoms. The Kier molecular flexibility index (Phi) is 3.93. The third kappa shape index (κ3) is 2.53. The van der Waals surface area contributed by atoms with Crippen LogP contribution in [0, 0.1) is 0 Å². The molecule has 20 heavy (non-hydrogen) atoms. The van der Waals surface area contributed by atoms with Gasteiger partial charge in [0.1, 0.15) is 5.03 Å². The van der Waals surface area contributed by atoms with Gasteiger partial charge in [-0.3, -0.25) is 0 Å². The molecule has 0 atom stereocenters. The van der Waals surface area contributed by atoms with E-state index in [-0.39, 0.29) is 0 Å². The standard InChI is InChI=1S/C14H13N3OS2/c1-3-20-13-10-11(16-14(17-13)19-2)15-12(18-10)9-7-5-4-6-8-9/h4-8H,3H2,1-2H3. The molecule has 0 aliphatic rings. The summed E-state index contributed by atoms with van der Waals surface area (Å²) in [5, 5.41) is 1.58. The SMILES string of the molecule is CCSc1nc(SC)nc2nc(-c3ccccc3)oc12. The maximum Gasteiger partial charge on any atom is 0.229 e. The molecule has 6 heteroatoms. The van der Waals surface area contributed by atoms with Gasteiger partial charge in [-0.15, -0.1) is 11.8 Å². The molecule has 1 aromatic carbocycles. The number of hydrogen-bond acceptors (Lipinski definition) is 6. The van der Waals surface area contributed by atoms with Gasteiger partial charge in [0.2, 0.25) is 17.1 Å². The van der Waals surface area contributed by atoms with Crippen molar-refractivity contribution in [2.24, 2.45) is 0 Å². The highest BCUT2D eigenvalue weighted by molar-refractivity contribution is 7.99. The largest absolute Gasteiger partial charge is 0.431 e. The molecule has 0 bridgehead atoms. The molecule has 0 unspecified atom stereocenters. The van der Waals surface area contributed by atoms with Crippen LogP contribution < -0.4 is 0 Å². The first-order chi connectivity index (χ1) is 9.81. The van der Waals surface area contributed by atoms with E-state index in [2.05, 4.69) is 21.9 Å². The van der Waals surface area contributed by atoms with E-state index in [0.29, 0.717) is 17.1 Å². The van der Waals surface area contributed by atoms with Gasteiger partial charge in [-0.2, -0.15) is 9.97 Å². The van der Waals surface area contributed by atoms with Crippen molar-refractivity contribution in [1.29, 1.82) is 0 Å². The van der Waals surface area contributed by atoms with Crippen LogP contribution in [0.15, 0.2) is 44.9 Å². The molecule has 3 aromatic rings. The lowest BCUT2D eigenvalue weighted by atomic mass is 10.2. The summed E-state index contributed by atoms with van der Waals surface area (Å²) in [5.41, 5.74) is 2.25. The highest BCUT2D eigenvalue weighted by Crippen LogP contribution is 2.31. The fourth-order valence-corrected chi connectivity index (χ4v) is 2.92. The number of aromatic nitrogens is 3. The number of oxazole rings is 1. The lowest BCUT2D eigenvalue weighted by Crippen LogP contribution is -1.90. The second-order valence-electron chi connectivity index (χ2n) is 3.99. The average molecular weight is 303 g/mol. The molecule has 2 heterocycles. The van der Waals surface area contributed by atoms with E-state index in [0.717, 1.165) is 21.5 Å². The van der Waals surface area contributed by atoms with Crippen LogP contribution in [0.3, 0.4) is 0 Å². The predicted octanol–water partition coefficient (Wildman–Crippen LogP) is 4.12. The van der Waals surface area contributed by atoms with Crippen LogP contribution in [0.5, 0.6) is 0 Å². The zero-order valence-corrected chi connectivity index (χ0v) is 12.8. The maximum absolute atomic E-state index is 5.87. The van der Waals surface area contributed by atoms with Crippen molar-refractivity contribution < 1.29 is 4.42 Å². The van der Waals surface area contributed by atoms with Gasteiger partial charge in [-0.1, -0.05) is 36.9 Å². The van der Waals surface area contributed by atoms with Gasteiger partial charge in [0.05, 0.1) is 0 Å². The second-order valence-corrected chi connectivity index (χ2v) is 6.01. The quantitative estimate of drug-likeness (QED) is 0.410. The molecule has 0 amide bonds. The van der Waals surface area contributed by atoms with Crippen molar-refractivity contribution in [1.82, 2.24) is 15.0 Å². The van der Waals surface area contributed by atoms with Crippen molar-refractivity contribution in [3.63, 3.8) is 0 Å². The van der Waals surface area contributed by atoms with E-state index in [1.165, 1.54) is 11.8 Å². The summed E-state index contributed by atoms with van der Waals surface area (Å²) in [6.07, 6.45) is 1.96. The van der Waals surface area contributed by atoms with Gasteiger partial charge in [-0.05, 0) is 24.1 Å². The van der Waals surface area contributed by atoms with Gasteiger partial charge in [0.25, 0.3) is 0 Å². The van der Waals surface area contributed by atoms with Crippen LogP contribution in [-0.2, 0) is 0 Å². The third-order valence-corrected chi connectivity index (χ3v) is 4.07. The summed E-state index contributed by atoms with van der Waals surface area (Å²) >= 11 is 3.16. The third-order valence-electron chi connectivity index (χ3n) is 2.69. The molecule has 0 aliphatic carbocycles. The minimum atomic E-state index is 0.589. The molecule has 0 fully saturated rings. The summed E-state index contributed by atoms with van der Waals surface area (Å²) in [5.74, 6) is 1.52. The molecular formula is C14H13N3OS2. The smallest absolute Gasteiger partial charge is 0.229 e. The van der Waals surface area contributed by atoms with Crippen molar-refractivity contribution in [2.45, 2.75) is 17.1 Å². The van der Waals surface area contributed by atoms with E-state index in [4.69, 9.17) is 4.42 Å². The Morgan fingerprint density at radius 3 is 2.60 bits per heavy atom. The van der Waals surface area contributed by atoms with Gasteiger partial charge >= 0.3 is 0 Å². The van der Waals surface area contributed by atoms with Gasteiger partial charge in [0.15, 0.2) is 5.16 Å². The lowest BCUT2D eigenvalue weighted by molar-refractivity contribution is 0.606. The summed E-state index contributed by atoms with van der Waals surface area (Å²) in [7, 11) is 0. The normalized spacial score (nSPS) is 11.1. The predicted molar refractivity (Wildman–Crippen MR) is 83.2 cm³/mol. The zero-order chi connectivity index (χ0) is 13.9. The summed E-state index contributed by atoms with van der Waals surface area (Å²) in [4.78, 5) is 13.4. The molecule has 2 aromatic heterocycles. The van der Waals surface area contributed by atoms with Gasteiger partial charge in [0, 0.05) is 5.56 Å². The number of thioether (sulfide) groups is 2. The molecule has 102 valence electrons. The van der Waals surface area contributed by atoms with Crippen LogP contribution in [0.4, 0.5) is 0 Å². The molecule has 3 rings (SSSR count). The summed E-state index contributed by atoms with van der Waals surface area (Å²) in [6, 6.07) is 9.84. The first-order valence-electron chi connectivity index (χ1n) is 6.22. The van der Waals surface area contributed by atoms with Crippen LogP contribution in [0.2, 0.25) is 0 Å². The van der Waals surface area contributed by atoms with Crippen LogP contribution in [0.1, 0.15) is 6.92 Å². The van der Waals surface area contributed by atoms with E-state index < -0.39 is 0 Å². The Balaban J connectivity index is 2.16. The van der Waals surface area contributed by atoms with E-state index >= 15 is 0 Å². The number of rotatable bonds is 4. The number of hydrogen-bond donors (Lipinski definition) is 0. The van der Waals surface area contributed by atoms with Crippen LogP contribution in [0.25, 0.3) is 22.7 Å². The van der Waals surface area contributed by atoms with E-state index in [9.17, 15) is 0 Å². The summed E-state index contributed by atoms with van der Waals surface area (Å²) in [6.45, 7) is 2.09. The Labute approximate surface area is 125 Å². The molecular weight excluding hydrogens is 290 g/mol. The first-order valence-corrected chi connectivity index (χ1v) is 8.43. The first kappa shape index (κ1) is 13.5. The molecule has 0 saturated heterocycles. The van der Waals surface area contributed by atoms with Crippen molar-refractivity contribution in [3.8, 4) is 11.5 Å². The number of benzene rings is 1. The van der Waals surface area contributed by atoms with Crippen molar-refractivity contribution in [3.05, 3.63) is 30.3 Å². The van der Waals surface area contributed by atoms with E-state index in [1.54, 1.807) is 11.8 Å². The second kappa shape index (κ2) is 5.85. The minimum Gasteiger partial charge on any atom is -0.431 e. The summed E-state index contributed by atoms with van der Waals surface area (Å²) < 4.78 is 5.87. The molecule has 0 radical (unpaired) electrons. The lowest BCUT2D eigenvalue weighted by Gasteiger charge is -1.99. The van der Waals surface area contributed by atoms with Crippen molar-refractivity contribution in [2.75, 3.05) is 12.0 Å². The number of fused-ring (bicyclic) bond motifs is 1.